The number of rotatable bonds is 5. The van der Waals surface area contributed by atoms with Crippen molar-refractivity contribution in [2.24, 2.45) is 0 Å². The maximum atomic E-state index is 13.2. The summed E-state index contributed by atoms with van der Waals surface area (Å²) in [7, 11) is 0. The van der Waals surface area contributed by atoms with Gasteiger partial charge in [-0.2, -0.15) is 0 Å². The fourth-order valence-corrected chi connectivity index (χ4v) is 5.56. The first-order valence-electron chi connectivity index (χ1n) is 11.9. The SMILES string of the molecule is CCOc1ccc(-c2cn3c(n2)sc2cc(C(=O)N4CCN(C(=O)c5ccco5)CC4)ccc23)cc1. The summed E-state index contributed by atoms with van der Waals surface area (Å²) >= 11 is 1.56. The van der Waals surface area contributed by atoms with E-state index < -0.39 is 0 Å². The zero-order valence-electron chi connectivity index (χ0n) is 19.7. The summed E-state index contributed by atoms with van der Waals surface area (Å²) in [4.78, 5) is 34.9. The van der Waals surface area contributed by atoms with Crippen LogP contribution >= 0.6 is 11.3 Å². The first kappa shape index (κ1) is 22.4. The highest BCUT2D eigenvalue weighted by Gasteiger charge is 2.27. The van der Waals surface area contributed by atoms with Gasteiger partial charge in [0, 0.05) is 43.5 Å². The predicted molar refractivity (Wildman–Crippen MR) is 138 cm³/mol. The zero-order valence-corrected chi connectivity index (χ0v) is 20.5. The van der Waals surface area contributed by atoms with Gasteiger partial charge < -0.3 is 19.0 Å². The van der Waals surface area contributed by atoms with Gasteiger partial charge in [0.2, 0.25) is 0 Å². The largest absolute Gasteiger partial charge is 0.494 e. The van der Waals surface area contributed by atoms with Crippen LogP contribution in [0.4, 0.5) is 0 Å². The molecule has 6 rings (SSSR count). The number of thiazole rings is 1. The number of piperazine rings is 1. The van der Waals surface area contributed by atoms with Crippen molar-refractivity contribution in [2.45, 2.75) is 6.92 Å². The second kappa shape index (κ2) is 9.16. The van der Waals surface area contributed by atoms with Gasteiger partial charge in [0.15, 0.2) is 10.7 Å². The van der Waals surface area contributed by atoms with Crippen LogP contribution in [0.25, 0.3) is 26.4 Å². The molecule has 9 heteroatoms. The molecule has 0 aliphatic carbocycles. The minimum absolute atomic E-state index is 0.0249. The summed E-state index contributed by atoms with van der Waals surface area (Å²) in [5.74, 6) is 1.01. The Balaban J connectivity index is 1.18. The fourth-order valence-electron chi connectivity index (χ4n) is 4.51. The van der Waals surface area contributed by atoms with Gasteiger partial charge in [-0.05, 0) is 61.5 Å². The maximum absolute atomic E-state index is 13.2. The lowest BCUT2D eigenvalue weighted by Gasteiger charge is -2.34. The molecule has 0 bridgehead atoms. The number of hydrogen-bond donors (Lipinski definition) is 0. The van der Waals surface area contributed by atoms with Crippen LogP contribution in [0.5, 0.6) is 5.75 Å². The predicted octanol–water partition coefficient (Wildman–Crippen LogP) is 4.81. The summed E-state index contributed by atoms with van der Waals surface area (Å²) in [6.45, 7) is 4.54. The maximum Gasteiger partial charge on any atom is 0.289 e. The Morgan fingerprint density at radius 2 is 1.75 bits per heavy atom. The average molecular weight is 501 g/mol. The second-order valence-corrected chi connectivity index (χ2v) is 9.59. The summed E-state index contributed by atoms with van der Waals surface area (Å²) < 4.78 is 13.8. The van der Waals surface area contributed by atoms with E-state index in [1.165, 1.54) is 6.26 Å². The number of amides is 2. The second-order valence-electron chi connectivity index (χ2n) is 8.58. The van der Waals surface area contributed by atoms with Crippen molar-refractivity contribution >= 4 is 38.3 Å². The van der Waals surface area contributed by atoms with Crippen LogP contribution in [0.3, 0.4) is 0 Å². The van der Waals surface area contributed by atoms with Crippen LogP contribution in [0.1, 0.15) is 27.8 Å². The standard InChI is InChI=1S/C27H24N4O4S/c1-2-34-20-8-5-18(6-9-20)21-17-31-22-10-7-19(16-24(22)36-27(31)28-21)25(32)29-11-13-30(14-12-29)26(33)23-4-3-15-35-23/h3-10,15-17H,2,11-14H2,1H3. The first-order valence-corrected chi connectivity index (χ1v) is 12.7. The number of benzene rings is 2. The molecule has 3 aromatic heterocycles. The normalized spacial score (nSPS) is 14.0. The van der Waals surface area contributed by atoms with Gasteiger partial charge >= 0.3 is 0 Å². The van der Waals surface area contributed by atoms with Gasteiger partial charge in [0.1, 0.15) is 5.75 Å². The van der Waals surface area contributed by atoms with Gasteiger partial charge in [-0.3, -0.25) is 14.0 Å². The molecule has 0 atom stereocenters. The van der Waals surface area contributed by atoms with Crippen molar-refractivity contribution in [2.75, 3.05) is 32.8 Å². The molecule has 0 radical (unpaired) electrons. The lowest BCUT2D eigenvalue weighted by atomic mass is 10.1. The van der Waals surface area contributed by atoms with E-state index in [2.05, 4.69) is 4.40 Å². The van der Waals surface area contributed by atoms with E-state index in [-0.39, 0.29) is 11.8 Å². The molecule has 0 spiro atoms. The van der Waals surface area contributed by atoms with Gasteiger partial charge in [0.05, 0.1) is 28.8 Å². The van der Waals surface area contributed by atoms with E-state index in [4.69, 9.17) is 14.1 Å². The van der Waals surface area contributed by atoms with Crippen LogP contribution in [0, 0.1) is 0 Å². The highest BCUT2D eigenvalue weighted by atomic mass is 32.1. The number of imidazole rings is 1. The van der Waals surface area contributed by atoms with E-state index in [1.54, 1.807) is 33.3 Å². The number of fused-ring (bicyclic) bond motifs is 3. The summed E-state index contributed by atoms with van der Waals surface area (Å²) in [6, 6.07) is 17.1. The van der Waals surface area contributed by atoms with Crippen LogP contribution < -0.4 is 4.74 Å². The molecule has 2 amide bonds. The third-order valence-corrected chi connectivity index (χ3v) is 7.41. The van der Waals surface area contributed by atoms with Gasteiger partial charge in [0.25, 0.3) is 11.8 Å². The third kappa shape index (κ3) is 4.01. The van der Waals surface area contributed by atoms with E-state index >= 15 is 0 Å². The molecular weight excluding hydrogens is 476 g/mol. The number of carbonyl (C=O) groups excluding carboxylic acids is 2. The van der Waals surface area contributed by atoms with Crippen LogP contribution in [-0.2, 0) is 0 Å². The molecule has 2 aromatic carbocycles. The fraction of sp³-hybridized carbons (Fsp3) is 0.222. The van der Waals surface area contributed by atoms with Crippen LogP contribution in [0.2, 0.25) is 0 Å². The van der Waals surface area contributed by atoms with E-state index in [9.17, 15) is 9.59 Å². The number of ether oxygens (including phenoxy) is 1. The van der Waals surface area contributed by atoms with Crippen molar-refractivity contribution < 1.29 is 18.7 Å². The molecule has 36 heavy (non-hydrogen) atoms. The van der Waals surface area contributed by atoms with Crippen LogP contribution in [0.15, 0.2) is 71.5 Å². The first-order chi connectivity index (χ1) is 17.6. The third-order valence-electron chi connectivity index (χ3n) is 6.39. The Morgan fingerprint density at radius 3 is 2.44 bits per heavy atom. The molecule has 1 saturated heterocycles. The molecule has 182 valence electrons. The Labute approximate surface area is 211 Å². The highest BCUT2D eigenvalue weighted by molar-refractivity contribution is 7.23. The quantitative estimate of drug-likeness (QED) is 0.346. The lowest BCUT2D eigenvalue weighted by molar-refractivity contribution is 0.0518. The molecule has 8 nitrogen and oxygen atoms in total. The molecular formula is C27H24N4O4S. The molecule has 0 unspecified atom stereocenters. The van der Waals surface area contributed by atoms with E-state index in [1.807, 2.05) is 55.6 Å². The molecule has 1 aliphatic heterocycles. The van der Waals surface area contributed by atoms with Gasteiger partial charge in [-0.1, -0.05) is 11.3 Å². The monoisotopic (exact) mass is 500 g/mol. The van der Waals surface area contributed by atoms with Gasteiger partial charge in [-0.25, -0.2) is 4.98 Å². The van der Waals surface area contributed by atoms with Gasteiger partial charge in [-0.15, -0.1) is 0 Å². The Hall–Kier alpha value is -4.11. The summed E-state index contributed by atoms with van der Waals surface area (Å²) in [6.07, 6.45) is 3.52. The van der Waals surface area contributed by atoms with Crippen molar-refractivity contribution in [3.05, 3.63) is 78.4 Å². The van der Waals surface area contributed by atoms with E-state index in [0.29, 0.717) is 44.1 Å². The van der Waals surface area contributed by atoms with Crippen molar-refractivity contribution in [3.8, 4) is 17.0 Å². The number of aromatic nitrogens is 2. The molecule has 0 N–H and O–H groups in total. The molecule has 1 aliphatic rings. The Bertz CT molecular complexity index is 1540. The Kier molecular flexibility index (Phi) is 5.69. The average Bonchev–Trinajstić information content (AvgIpc) is 3.65. The minimum Gasteiger partial charge on any atom is -0.494 e. The zero-order chi connectivity index (χ0) is 24.6. The lowest BCUT2D eigenvalue weighted by Crippen LogP contribution is -2.50. The molecule has 5 aromatic rings. The van der Waals surface area contributed by atoms with Crippen molar-refractivity contribution in [1.82, 2.24) is 19.2 Å². The topological polar surface area (TPSA) is 80.3 Å². The van der Waals surface area contributed by atoms with Crippen molar-refractivity contribution in [1.29, 1.82) is 0 Å². The minimum atomic E-state index is -0.139. The Morgan fingerprint density at radius 1 is 1.00 bits per heavy atom. The molecule has 4 heterocycles. The van der Waals surface area contributed by atoms with Crippen molar-refractivity contribution in [3.63, 3.8) is 0 Å². The summed E-state index contributed by atoms with van der Waals surface area (Å²) in [5, 5.41) is 0. The highest BCUT2D eigenvalue weighted by Crippen LogP contribution is 2.31. The number of nitrogens with zero attached hydrogens (tertiary/aromatic N) is 4. The van der Waals surface area contributed by atoms with E-state index in [0.717, 1.165) is 32.2 Å². The number of hydrogen-bond acceptors (Lipinski definition) is 6. The van der Waals surface area contributed by atoms with Crippen LogP contribution in [-0.4, -0.2) is 63.8 Å². The molecule has 0 saturated carbocycles. The molecule has 1 fully saturated rings. The summed E-state index contributed by atoms with van der Waals surface area (Å²) in [5.41, 5.74) is 3.59. The number of furan rings is 1. The number of carbonyl (C=O) groups is 2. The smallest absolute Gasteiger partial charge is 0.289 e.